The molecule has 2 rings (SSSR count). The number of carbonyl (C=O) groups is 3. The van der Waals surface area contributed by atoms with Crippen LogP contribution in [0.3, 0.4) is 0 Å². The highest BCUT2D eigenvalue weighted by atomic mass is 16.6. The zero-order valence-corrected chi connectivity index (χ0v) is 14.0. The maximum atomic E-state index is 11.8. The van der Waals surface area contributed by atoms with Crippen LogP contribution < -0.4 is 0 Å². The van der Waals surface area contributed by atoms with Gasteiger partial charge in [-0.1, -0.05) is 12.1 Å². The Morgan fingerprint density at radius 1 is 1.24 bits per heavy atom. The van der Waals surface area contributed by atoms with E-state index in [1.165, 1.54) is 12.1 Å². The summed E-state index contributed by atoms with van der Waals surface area (Å²) < 4.78 is 4.97. The molecule has 0 aromatic heterocycles. The Balaban J connectivity index is 2.29. The lowest BCUT2D eigenvalue weighted by Gasteiger charge is -2.38. The van der Waals surface area contributed by atoms with Crippen LogP contribution in [0.5, 0.6) is 0 Å². The molecule has 1 aliphatic rings. The van der Waals surface area contributed by atoms with Crippen molar-refractivity contribution in [1.29, 1.82) is 0 Å². The zero-order chi connectivity index (χ0) is 18.4. The molecule has 1 aromatic carbocycles. The molecule has 0 aliphatic heterocycles. The van der Waals surface area contributed by atoms with Gasteiger partial charge in [0.05, 0.1) is 11.5 Å². The van der Waals surface area contributed by atoms with E-state index in [0.717, 1.165) is 12.6 Å². The summed E-state index contributed by atoms with van der Waals surface area (Å²) in [7, 11) is 0. The van der Waals surface area contributed by atoms with Crippen molar-refractivity contribution >= 4 is 24.2 Å². The van der Waals surface area contributed by atoms with Crippen molar-refractivity contribution in [3.63, 3.8) is 0 Å². The fourth-order valence-corrected chi connectivity index (χ4v) is 3.67. The molecular weight excluding hydrogens is 326 g/mol. The lowest BCUT2D eigenvalue weighted by atomic mass is 9.64. The average Bonchev–Trinajstić information content (AvgIpc) is 2.61. The molecule has 7 nitrogen and oxygen atoms in total. The van der Waals surface area contributed by atoms with E-state index in [2.05, 4.69) is 0 Å². The van der Waals surface area contributed by atoms with Gasteiger partial charge in [0.2, 0.25) is 0 Å². The number of benzene rings is 1. The molecule has 1 aliphatic carbocycles. The predicted molar refractivity (Wildman–Crippen MR) is 88.9 cm³/mol. The number of carbonyl (C=O) groups excluding carboxylic acids is 3. The molecule has 25 heavy (non-hydrogen) atoms. The molecule has 134 valence electrons. The number of aldehydes is 2. The molecule has 4 atom stereocenters. The molecule has 1 aromatic rings. The second-order valence-electron chi connectivity index (χ2n) is 6.23. The Bertz CT molecular complexity index is 641. The summed E-state index contributed by atoms with van der Waals surface area (Å²) in [4.78, 5) is 45.4. The van der Waals surface area contributed by atoms with E-state index in [9.17, 15) is 24.5 Å². The van der Waals surface area contributed by atoms with Crippen LogP contribution in [0.15, 0.2) is 24.3 Å². The van der Waals surface area contributed by atoms with Gasteiger partial charge < -0.3 is 14.3 Å². The topological polar surface area (TPSA) is 104 Å². The minimum absolute atomic E-state index is 0.0482. The Kier molecular flexibility index (Phi) is 6.38. The van der Waals surface area contributed by atoms with Gasteiger partial charge in [-0.15, -0.1) is 0 Å². The van der Waals surface area contributed by atoms with Crippen molar-refractivity contribution in [2.75, 3.05) is 6.61 Å². The van der Waals surface area contributed by atoms with Crippen LogP contribution in [0.4, 0.5) is 5.69 Å². The molecule has 0 saturated heterocycles. The van der Waals surface area contributed by atoms with Gasteiger partial charge in [-0.05, 0) is 31.2 Å². The number of ether oxygens (including phenoxy) is 1. The van der Waals surface area contributed by atoms with Crippen molar-refractivity contribution in [2.24, 2.45) is 17.8 Å². The monoisotopic (exact) mass is 347 g/mol. The van der Waals surface area contributed by atoms with E-state index >= 15 is 0 Å². The van der Waals surface area contributed by atoms with Crippen LogP contribution in [-0.2, 0) is 19.1 Å². The number of non-ortho nitro benzene ring substituents is 1. The van der Waals surface area contributed by atoms with Gasteiger partial charge in [0.25, 0.3) is 5.69 Å². The predicted octanol–water partition coefficient (Wildman–Crippen LogP) is 2.67. The number of hydrogen-bond acceptors (Lipinski definition) is 6. The molecule has 1 saturated carbocycles. The Morgan fingerprint density at radius 2 is 1.92 bits per heavy atom. The smallest absolute Gasteiger partial charge is 0.306 e. The zero-order valence-electron chi connectivity index (χ0n) is 14.0. The summed E-state index contributed by atoms with van der Waals surface area (Å²) in [6.45, 7) is 2.00. The van der Waals surface area contributed by atoms with Crippen molar-refractivity contribution in [3.05, 3.63) is 39.9 Å². The summed E-state index contributed by atoms with van der Waals surface area (Å²) >= 11 is 0. The number of hydrogen-bond donors (Lipinski definition) is 0. The third-order valence-corrected chi connectivity index (χ3v) is 4.85. The number of nitro benzene ring substituents is 1. The van der Waals surface area contributed by atoms with Crippen LogP contribution >= 0.6 is 0 Å². The van der Waals surface area contributed by atoms with E-state index in [0.29, 0.717) is 18.4 Å². The molecule has 0 spiro atoms. The van der Waals surface area contributed by atoms with Crippen LogP contribution in [0.25, 0.3) is 0 Å². The molecule has 7 heteroatoms. The van der Waals surface area contributed by atoms with E-state index < -0.39 is 10.8 Å². The summed E-state index contributed by atoms with van der Waals surface area (Å²) in [6.07, 6.45) is 2.93. The standard InChI is InChI=1S/C18H21NO6/c1-2-25-17(22)9-13-3-4-14(10-20)18(16(13)11-21)12-5-7-15(8-6-12)19(23)24/h5-8,10-11,13-14,16,18H,2-4,9H2,1H3/t13-,14-,16-,18-/m0/s1. The van der Waals surface area contributed by atoms with E-state index in [4.69, 9.17) is 4.74 Å². The number of nitrogens with zero attached hydrogens (tertiary/aromatic N) is 1. The lowest BCUT2D eigenvalue weighted by Crippen LogP contribution is -2.36. The molecule has 0 bridgehead atoms. The van der Waals surface area contributed by atoms with Crippen LogP contribution in [0, 0.1) is 27.9 Å². The van der Waals surface area contributed by atoms with Crippen LogP contribution in [0.2, 0.25) is 0 Å². The molecule has 0 radical (unpaired) electrons. The van der Waals surface area contributed by atoms with Crippen molar-refractivity contribution in [2.45, 2.75) is 32.1 Å². The maximum Gasteiger partial charge on any atom is 0.306 e. The van der Waals surface area contributed by atoms with Gasteiger partial charge in [0.1, 0.15) is 12.6 Å². The average molecular weight is 347 g/mol. The normalized spacial score (nSPS) is 25.8. The first-order valence-electron chi connectivity index (χ1n) is 8.32. The SMILES string of the molecule is CCOC(=O)C[C@@H]1CC[C@@H](C=O)[C@H](c2ccc([N+](=O)[O-])cc2)[C@H]1C=O. The molecule has 0 N–H and O–H groups in total. The number of nitro groups is 1. The van der Waals surface area contributed by atoms with Gasteiger partial charge in [-0.3, -0.25) is 14.9 Å². The first-order chi connectivity index (χ1) is 12.0. The number of rotatable bonds is 7. The van der Waals surface area contributed by atoms with E-state index in [1.807, 2.05) is 0 Å². The minimum atomic E-state index is -0.505. The molecule has 0 heterocycles. The molecule has 1 fully saturated rings. The Hall–Kier alpha value is -2.57. The third-order valence-electron chi connectivity index (χ3n) is 4.85. The summed E-state index contributed by atoms with van der Waals surface area (Å²) in [5, 5.41) is 10.8. The first-order valence-corrected chi connectivity index (χ1v) is 8.32. The third kappa shape index (κ3) is 4.29. The largest absolute Gasteiger partial charge is 0.466 e. The Labute approximate surface area is 145 Å². The van der Waals surface area contributed by atoms with Gasteiger partial charge in [0.15, 0.2) is 0 Å². The van der Waals surface area contributed by atoms with Gasteiger partial charge in [-0.25, -0.2) is 0 Å². The summed E-state index contributed by atoms with van der Waals surface area (Å²) in [5.41, 5.74) is 0.654. The van der Waals surface area contributed by atoms with Crippen molar-refractivity contribution < 1.29 is 24.0 Å². The van der Waals surface area contributed by atoms with Crippen molar-refractivity contribution in [3.8, 4) is 0 Å². The van der Waals surface area contributed by atoms with E-state index in [-0.39, 0.29) is 42.4 Å². The summed E-state index contributed by atoms with van der Waals surface area (Å²) in [5.74, 6) is -1.80. The van der Waals surface area contributed by atoms with Gasteiger partial charge >= 0.3 is 5.97 Å². The lowest BCUT2D eigenvalue weighted by molar-refractivity contribution is -0.384. The van der Waals surface area contributed by atoms with Gasteiger partial charge in [0, 0.05) is 36.3 Å². The highest BCUT2D eigenvalue weighted by Gasteiger charge is 2.41. The number of esters is 1. The fourth-order valence-electron chi connectivity index (χ4n) is 3.67. The van der Waals surface area contributed by atoms with Crippen molar-refractivity contribution in [1.82, 2.24) is 0 Å². The second kappa shape index (κ2) is 8.50. The summed E-state index contributed by atoms with van der Waals surface area (Å²) in [6, 6.07) is 5.91. The highest BCUT2D eigenvalue weighted by Crippen LogP contribution is 2.45. The second-order valence-corrected chi connectivity index (χ2v) is 6.23. The maximum absolute atomic E-state index is 11.8. The minimum Gasteiger partial charge on any atom is -0.466 e. The Morgan fingerprint density at radius 3 is 2.44 bits per heavy atom. The highest BCUT2D eigenvalue weighted by molar-refractivity contribution is 5.71. The fraction of sp³-hybridized carbons (Fsp3) is 0.500. The molecule has 0 unspecified atom stereocenters. The first kappa shape index (κ1) is 18.8. The van der Waals surface area contributed by atoms with Crippen LogP contribution in [0.1, 0.15) is 37.7 Å². The van der Waals surface area contributed by atoms with Crippen LogP contribution in [-0.4, -0.2) is 30.1 Å². The van der Waals surface area contributed by atoms with E-state index in [1.54, 1.807) is 19.1 Å². The molecular formula is C18H21NO6. The molecule has 0 amide bonds. The van der Waals surface area contributed by atoms with Gasteiger partial charge in [-0.2, -0.15) is 0 Å². The quantitative estimate of drug-likeness (QED) is 0.325.